The number of esters is 1. The molecule has 0 aliphatic carbocycles. The second kappa shape index (κ2) is 8.81. The molecule has 162 valence electrons. The number of benzene rings is 2. The van der Waals surface area contributed by atoms with E-state index in [0.717, 1.165) is 5.56 Å². The Labute approximate surface area is 185 Å². The molecule has 1 aliphatic rings. The molecule has 0 bridgehead atoms. The molecule has 2 aromatic rings. The highest BCUT2D eigenvalue weighted by Gasteiger charge is 2.25. The maximum atomic E-state index is 12.3. The average molecular weight is 443 g/mol. The van der Waals surface area contributed by atoms with Crippen molar-refractivity contribution in [3.05, 3.63) is 63.8 Å². The van der Waals surface area contributed by atoms with Crippen molar-refractivity contribution in [2.45, 2.75) is 26.2 Å². The lowest BCUT2D eigenvalue weighted by Crippen LogP contribution is -2.20. The average Bonchev–Trinajstić information content (AvgIpc) is 3.06. The van der Waals surface area contributed by atoms with E-state index < -0.39 is 11.9 Å². The van der Waals surface area contributed by atoms with Crippen LogP contribution in [0.4, 0.5) is 0 Å². The molecular weight excluding hydrogens is 420 g/mol. The minimum Gasteiger partial charge on any atom is -0.493 e. The van der Waals surface area contributed by atoms with E-state index in [0.29, 0.717) is 11.1 Å². The summed E-state index contributed by atoms with van der Waals surface area (Å²) in [6.45, 7) is 6.03. The molecule has 8 heteroatoms. The van der Waals surface area contributed by atoms with Gasteiger partial charge in [-0.25, -0.2) is 9.79 Å². The van der Waals surface area contributed by atoms with Crippen LogP contribution < -0.4 is 15.2 Å². The van der Waals surface area contributed by atoms with Crippen LogP contribution in [0.5, 0.6) is 11.5 Å². The fraction of sp³-hybridized carbons (Fsp3) is 0.261. The summed E-state index contributed by atoms with van der Waals surface area (Å²) in [6, 6.07) is 10.9. The largest absolute Gasteiger partial charge is 0.493 e. The highest BCUT2D eigenvalue weighted by atomic mass is 35.5. The molecule has 0 fully saturated rings. The van der Waals surface area contributed by atoms with Crippen molar-refractivity contribution < 1.29 is 23.8 Å². The summed E-state index contributed by atoms with van der Waals surface area (Å²) >= 11 is 6.26. The maximum absolute atomic E-state index is 12.3. The van der Waals surface area contributed by atoms with Crippen LogP contribution in [0.3, 0.4) is 0 Å². The lowest BCUT2D eigenvalue weighted by Gasteiger charge is -2.18. The molecule has 1 amide bonds. The normalized spacial score (nSPS) is 14.9. The Bertz CT molecular complexity index is 1080. The third-order valence-corrected chi connectivity index (χ3v) is 4.81. The molecule has 31 heavy (non-hydrogen) atoms. The molecule has 0 spiro atoms. The van der Waals surface area contributed by atoms with E-state index in [1.54, 1.807) is 12.1 Å². The second-order valence-corrected chi connectivity index (χ2v) is 8.36. The molecule has 0 saturated carbocycles. The van der Waals surface area contributed by atoms with E-state index in [9.17, 15) is 9.59 Å². The van der Waals surface area contributed by atoms with Gasteiger partial charge in [0.2, 0.25) is 5.90 Å². The number of hydrogen-bond acceptors (Lipinski definition) is 6. The summed E-state index contributed by atoms with van der Waals surface area (Å²) in [4.78, 5) is 27.6. The van der Waals surface area contributed by atoms with Crippen molar-refractivity contribution >= 4 is 35.5 Å². The van der Waals surface area contributed by atoms with E-state index in [1.165, 1.54) is 13.2 Å². The Morgan fingerprint density at radius 1 is 1.23 bits per heavy atom. The number of cyclic esters (lactones) is 1. The lowest BCUT2D eigenvalue weighted by molar-refractivity contribution is -0.130. The van der Waals surface area contributed by atoms with E-state index in [1.807, 2.05) is 24.3 Å². The zero-order chi connectivity index (χ0) is 22.8. The SMILES string of the molecule is COc1cc(/C=C2/N=C(c3ccc(C(C)(C)C)cc3)OC2=O)cc(Cl)c1OCC(N)=O. The van der Waals surface area contributed by atoms with Gasteiger partial charge in [0.05, 0.1) is 12.1 Å². The second-order valence-electron chi connectivity index (χ2n) is 7.95. The number of carbonyl (C=O) groups excluding carboxylic acids is 2. The summed E-state index contributed by atoms with van der Waals surface area (Å²) in [5.41, 5.74) is 7.66. The minimum absolute atomic E-state index is 0.0173. The van der Waals surface area contributed by atoms with Gasteiger partial charge < -0.3 is 19.9 Å². The van der Waals surface area contributed by atoms with E-state index in [2.05, 4.69) is 25.8 Å². The summed E-state index contributed by atoms with van der Waals surface area (Å²) in [7, 11) is 1.43. The van der Waals surface area contributed by atoms with Gasteiger partial charge >= 0.3 is 5.97 Å². The molecule has 0 saturated heterocycles. The first-order chi connectivity index (χ1) is 14.6. The van der Waals surface area contributed by atoms with E-state index >= 15 is 0 Å². The fourth-order valence-electron chi connectivity index (χ4n) is 2.91. The van der Waals surface area contributed by atoms with Gasteiger partial charge in [-0.2, -0.15) is 0 Å². The quantitative estimate of drug-likeness (QED) is 0.541. The van der Waals surface area contributed by atoms with Crippen LogP contribution in [0.25, 0.3) is 6.08 Å². The monoisotopic (exact) mass is 442 g/mol. The van der Waals surface area contributed by atoms with Gasteiger partial charge in [0.15, 0.2) is 23.8 Å². The topological polar surface area (TPSA) is 100 Å². The number of ether oxygens (including phenoxy) is 3. The van der Waals surface area contributed by atoms with Crippen LogP contribution >= 0.6 is 11.6 Å². The van der Waals surface area contributed by atoms with E-state index in [-0.39, 0.29) is 40.1 Å². The van der Waals surface area contributed by atoms with Crippen LogP contribution in [-0.2, 0) is 19.7 Å². The number of primary amides is 1. The van der Waals surface area contributed by atoms with Crippen LogP contribution in [0.2, 0.25) is 5.02 Å². The molecular formula is C23H23ClN2O5. The summed E-state index contributed by atoms with van der Waals surface area (Å²) in [5, 5.41) is 0.195. The zero-order valence-corrected chi connectivity index (χ0v) is 18.4. The van der Waals surface area contributed by atoms with Crippen molar-refractivity contribution in [2.24, 2.45) is 10.7 Å². The molecule has 0 radical (unpaired) electrons. The Morgan fingerprint density at radius 2 is 1.90 bits per heavy atom. The molecule has 0 atom stereocenters. The number of hydrogen-bond donors (Lipinski definition) is 1. The number of nitrogens with two attached hydrogens (primary N) is 1. The van der Waals surface area contributed by atoms with Crippen molar-refractivity contribution in [3.8, 4) is 11.5 Å². The first kappa shape index (κ1) is 22.4. The standard InChI is InChI=1S/C23H23ClN2O5/c1-23(2,3)15-7-5-14(6-8-15)21-26-17(22(28)31-21)10-13-9-16(24)20(18(11-13)29-4)30-12-19(25)27/h5-11H,12H2,1-4H3,(H2,25,27)/b17-10+. The zero-order valence-electron chi connectivity index (χ0n) is 17.7. The molecule has 2 N–H and O–H groups in total. The first-order valence-corrected chi connectivity index (χ1v) is 9.88. The van der Waals surface area contributed by atoms with Crippen LogP contribution in [-0.4, -0.2) is 31.5 Å². The Kier molecular flexibility index (Phi) is 6.36. The van der Waals surface area contributed by atoms with Crippen molar-refractivity contribution in [1.29, 1.82) is 0 Å². The summed E-state index contributed by atoms with van der Waals surface area (Å²) < 4.78 is 15.9. The first-order valence-electron chi connectivity index (χ1n) is 9.50. The minimum atomic E-state index is -0.643. The molecule has 1 heterocycles. The Morgan fingerprint density at radius 3 is 2.48 bits per heavy atom. The van der Waals surface area contributed by atoms with Crippen molar-refractivity contribution in [2.75, 3.05) is 13.7 Å². The van der Waals surface area contributed by atoms with Gasteiger partial charge in [0.25, 0.3) is 5.91 Å². The molecule has 2 aromatic carbocycles. The highest BCUT2D eigenvalue weighted by Crippen LogP contribution is 2.37. The number of carbonyl (C=O) groups is 2. The van der Waals surface area contributed by atoms with Crippen LogP contribution in [0, 0.1) is 0 Å². The Hall–Kier alpha value is -3.32. The molecule has 3 rings (SSSR count). The summed E-state index contributed by atoms with van der Waals surface area (Å²) in [6.07, 6.45) is 1.53. The third-order valence-electron chi connectivity index (χ3n) is 4.53. The molecule has 7 nitrogen and oxygen atoms in total. The predicted octanol–water partition coefficient (Wildman–Crippen LogP) is 3.85. The maximum Gasteiger partial charge on any atom is 0.363 e. The van der Waals surface area contributed by atoms with Gasteiger partial charge in [-0.3, -0.25) is 4.79 Å². The number of halogens is 1. The number of nitrogens with zero attached hydrogens (tertiary/aromatic N) is 1. The number of methoxy groups -OCH3 is 1. The Balaban J connectivity index is 1.89. The van der Waals surface area contributed by atoms with Gasteiger partial charge in [-0.05, 0) is 46.9 Å². The molecule has 0 unspecified atom stereocenters. The van der Waals surface area contributed by atoms with Crippen molar-refractivity contribution in [1.82, 2.24) is 0 Å². The highest BCUT2D eigenvalue weighted by molar-refractivity contribution is 6.32. The van der Waals surface area contributed by atoms with Crippen LogP contribution in [0.1, 0.15) is 37.5 Å². The van der Waals surface area contributed by atoms with E-state index in [4.69, 9.17) is 31.5 Å². The summed E-state index contributed by atoms with van der Waals surface area (Å²) in [5.74, 6) is -0.512. The van der Waals surface area contributed by atoms with Gasteiger partial charge in [-0.1, -0.05) is 44.5 Å². The van der Waals surface area contributed by atoms with Crippen LogP contribution in [0.15, 0.2) is 47.1 Å². The predicted molar refractivity (Wildman–Crippen MR) is 118 cm³/mol. The number of rotatable bonds is 6. The smallest absolute Gasteiger partial charge is 0.363 e. The van der Waals surface area contributed by atoms with Gasteiger partial charge in [0.1, 0.15) is 0 Å². The van der Waals surface area contributed by atoms with Gasteiger partial charge in [-0.15, -0.1) is 0 Å². The number of aliphatic imine (C=N–C) groups is 1. The third kappa shape index (κ3) is 5.24. The lowest BCUT2D eigenvalue weighted by atomic mass is 9.87. The van der Waals surface area contributed by atoms with Gasteiger partial charge in [0, 0.05) is 5.56 Å². The molecule has 1 aliphatic heterocycles. The fourth-order valence-corrected chi connectivity index (χ4v) is 3.18. The molecule has 0 aromatic heterocycles. The number of amides is 1. The van der Waals surface area contributed by atoms with Crippen molar-refractivity contribution in [3.63, 3.8) is 0 Å².